The Bertz CT molecular complexity index is 1550. The second-order valence-electron chi connectivity index (χ2n) is 7.88. The van der Waals surface area contributed by atoms with Gasteiger partial charge in [0.25, 0.3) is 21.8 Å². The number of aliphatic carboxylic acids is 1. The van der Waals surface area contributed by atoms with E-state index in [2.05, 4.69) is 30.4 Å². The maximum atomic E-state index is 13.1. The third-order valence-corrected chi connectivity index (χ3v) is 9.27. The minimum atomic E-state index is -3.69. The van der Waals surface area contributed by atoms with Gasteiger partial charge in [-0.3, -0.25) is 14.5 Å². The summed E-state index contributed by atoms with van der Waals surface area (Å²) in [6.45, 7) is 0. The van der Waals surface area contributed by atoms with Crippen LogP contribution in [0.3, 0.4) is 0 Å². The molecular weight excluding hydrogens is 606 g/mol. The summed E-state index contributed by atoms with van der Waals surface area (Å²) in [6, 6.07) is -1.04. The second-order valence-corrected chi connectivity index (χ2v) is 12.4. The van der Waals surface area contributed by atoms with Crippen LogP contribution >= 0.6 is 34.9 Å². The second kappa shape index (κ2) is 12.5. The van der Waals surface area contributed by atoms with E-state index in [-0.39, 0.29) is 63.0 Å². The molecule has 2 aliphatic heterocycles. The molecule has 1 saturated heterocycles. The van der Waals surface area contributed by atoms with Gasteiger partial charge in [-0.05, 0) is 16.0 Å². The first kappa shape index (κ1) is 31.3. The molecule has 2 atom stereocenters. The zero-order valence-corrected chi connectivity index (χ0v) is 26.5. The number of carboxylic acid groups (broad SMARTS) is 1. The summed E-state index contributed by atoms with van der Waals surface area (Å²) >= 11 is 3.47. The molecule has 0 bridgehead atoms. The molecule has 204 valence electrons. The van der Waals surface area contributed by atoms with Crippen LogP contribution in [-0.4, -0.2) is 97.9 Å². The summed E-state index contributed by atoms with van der Waals surface area (Å²) in [7, 11) is 0.670. The van der Waals surface area contributed by atoms with E-state index >= 15 is 0 Å². The van der Waals surface area contributed by atoms with E-state index in [9.17, 15) is 27.9 Å². The van der Waals surface area contributed by atoms with E-state index < -0.39 is 39.2 Å². The van der Waals surface area contributed by atoms with Gasteiger partial charge < -0.3 is 24.6 Å². The van der Waals surface area contributed by atoms with E-state index in [0.29, 0.717) is 10.7 Å². The number of aromatic nitrogens is 5. The number of nitrogens with one attached hydrogen (secondary N) is 1. The van der Waals surface area contributed by atoms with Gasteiger partial charge >= 0.3 is 29.6 Å². The molecule has 0 aliphatic carbocycles. The Morgan fingerprint density at radius 1 is 1.36 bits per heavy atom. The Labute approximate surface area is 256 Å². The van der Waals surface area contributed by atoms with Crippen molar-refractivity contribution in [1.82, 2.24) is 35.0 Å². The molecule has 2 aliphatic rings. The van der Waals surface area contributed by atoms with Gasteiger partial charge in [-0.2, -0.15) is 0 Å². The van der Waals surface area contributed by atoms with E-state index in [0.717, 1.165) is 22.5 Å². The number of fused-ring (bicyclic) bond motifs is 1. The van der Waals surface area contributed by atoms with Crippen molar-refractivity contribution in [2.24, 2.45) is 23.6 Å². The topological polar surface area (TPSA) is 206 Å². The van der Waals surface area contributed by atoms with Crippen LogP contribution in [0.5, 0.6) is 0 Å². The molecule has 39 heavy (non-hydrogen) atoms. The van der Waals surface area contributed by atoms with Gasteiger partial charge in [-0.15, -0.1) is 32.6 Å². The largest absolute Gasteiger partial charge is 1.00 e. The minimum absolute atomic E-state index is 0. The predicted molar refractivity (Wildman–Crippen MR) is 134 cm³/mol. The molecule has 16 nitrogen and oxygen atoms in total. The normalized spacial score (nSPS) is 19.8. The van der Waals surface area contributed by atoms with E-state index in [1.54, 1.807) is 7.05 Å². The number of sulfonamides is 1. The predicted octanol–water partition coefficient (Wildman–Crippen LogP) is -5.98. The van der Waals surface area contributed by atoms with Gasteiger partial charge in [0.1, 0.15) is 18.5 Å². The number of rotatable bonds is 9. The van der Waals surface area contributed by atoms with Crippen molar-refractivity contribution in [3.63, 3.8) is 0 Å². The summed E-state index contributed by atoms with van der Waals surface area (Å²) in [5.41, 5.74) is 0.197. The maximum Gasteiger partial charge on any atom is 1.00 e. The molecule has 2 aromatic rings. The Hall–Kier alpha value is -2.23. The maximum absolute atomic E-state index is 13.1. The number of thiazole rings is 1. The molecule has 0 radical (unpaired) electrons. The zero-order chi connectivity index (χ0) is 27.8. The van der Waals surface area contributed by atoms with Crippen molar-refractivity contribution in [3.05, 3.63) is 27.1 Å². The molecule has 2 amide bonds. The van der Waals surface area contributed by atoms with Crippen LogP contribution in [0.4, 0.5) is 0 Å². The standard InChI is InChI=1S/C18H21N9O7S4.Na/c1-25-9(7-37-18(25)22-38(4,32)33)10(21-34-3)13(28)19-11-14(29)27-12(16(30)31)8(5-35-15(11)27)6-36-17-20-23-24-26(17)2;/h7,11,15H,5-6H2,1-4H3,(H,19,28)(H,30,31);/q;+1/p-1/b21-10+,22-18?;/t11?,15-;/m1./s1. The number of hydrogen-bond donors (Lipinski definition) is 1. The number of oxime groups is 1. The Balaban J connectivity index is 0.00000420. The first-order chi connectivity index (χ1) is 17.9. The molecule has 0 saturated carbocycles. The number of hydrogen-bond acceptors (Lipinski definition) is 14. The van der Waals surface area contributed by atoms with E-state index in [1.165, 1.54) is 52.3 Å². The summed E-state index contributed by atoms with van der Waals surface area (Å²) in [5, 5.41) is 30.7. The van der Waals surface area contributed by atoms with Crippen LogP contribution < -0.4 is 44.8 Å². The van der Waals surface area contributed by atoms with Gasteiger partial charge in [-0.1, -0.05) is 16.9 Å². The van der Waals surface area contributed by atoms with Gasteiger partial charge in [0.05, 0.1) is 23.6 Å². The third kappa shape index (κ3) is 6.57. The number of carbonyl (C=O) groups excluding carboxylic acids is 3. The van der Waals surface area contributed by atoms with Crippen molar-refractivity contribution < 1.29 is 62.3 Å². The summed E-state index contributed by atoms with van der Waals surface area (Å²) < 4.78 is 29.5. The quantitative estimate of drug-likeness (QED) is 0.0909. The SMILES string of the molecule is CO/N=C(/C(=O)NC1C(=O)N2C(C(=O)[O-])=C(CSc3nnnn3C)CS[C@H]12)c1csc(=NS(C)(=O)=O)n1C.[Na+]. The van der Waals surface area contributed by atoms with Crippen molar-refractivity contribution in [1.29, 1.82) is 0 Å². The fourth-order valence-corrected chi connectivity index (χ4v) is 7.65. The van der Waals surface area contributed by atoms with Crippen molar-refractivity contribution in [2.45, 2.75) is 16.6 Å². The monoisotopic (exact) mass is 625 g/mol. The van der Waals surface area contributed by atoms with Crippen molar-refractivity contribution >= 4 is 68.4 Å². The molecule has 1 fully saturated rings. The molecule has 4 heterocycles. The number of tetrazole rings is 1. The number of nitrogens with zero attached hydrogens (tertiary/aromatic N) is 8. The van der Waals surface area contributed by atoms with Crippen LogP contribution in [0.15, 0.2) is 31.4 Å². The molecule has 4 rings (SSSR count). The average Bonchev–Trinajstić information content (AvgIpc) is 3.42. The van der Waals surface area contributed by atoms with E-state index in [1.807, 2.05) is 0 Å². The summed E-state index contributed by atoms with van der Waals surface area (Å²) in [5.74, 6) is -2.42. The fraction of sp³-hybridized carbons (Fsp3) is 0.444. The van der Waals surface area contributed by atoms with Gasteiger partial charge in [-0.25, -0.2) is 13.1 Å². The average molecular weight is 626 g/mol. The van der Waals surface area contributed by atoms with Crippen molar-refractivity contribution in [3.8, 4) is 0 Å². The van der Waals surface area contributed by atoms with Gasteiger partial charge in [0, 0.05) is 31.0 Å². The van der Waals surface area contributed by atoms with Crippen molar-refractivity contribution in [2.75, 3.05) is 24.9 Å². The zero-order valence-electron chi connectivity index (χ0n) is 21.2. The molecule has 0 aromatic carbocycles. The van der Waals surface area contributed by atoms with Crippen LogP contribution in [0.25, 0.3) is 0 Å². The van der Waals surface area contributed by atoms with Crippen LogP contribution in [0.2, 0.25) is 0 Å². The Kier molecular flexibility index (Phi) is 10.0. The number of carboxylic acids is 1. The van der Waals surface area contributed by atoms with Crippen LogP contribution in [0, 0.1) is 0 Å². The third-order valence-electron chi connectivity index (χ3n) is 5.29. The first-order valence-corrected chi connectivity index (χ1v) is 15.2. The van der Waals surface area contributed by atoms with Gasteiger partial charge in [0.15, 0.2) is 5.71 Å². The number of aryl methyl sites for hydroxylation is 1. The van der Waals surface area contributed by atoms with Crippen LogP contribution in [0.1, 0.15) is 5.69 Å². The smallest absolute Gasteiger partial charge is 0.543 e. The molecule has 0 spiro atoms. The number of thioether (sulfide) groups is 2. The molecule has 1 N–H and O–H groups in total. The van der Waals surface area contributed by atoms with Crippen LogP contribution in [-0.2, 0) is 43.3 Å². The molecular formula is C18H20N9NaO7S4. The molecule has 1 unspecified atom stereocenters. The minimum Gasteiger partial charge on any atom is -0.543 e. The molecule has 21 heteroatoms. The number of β-lactam (4-membered cyclic amide) rings is 1. The van der Waals surface area contributed by atoms with Gasteiger partial charge in [0.2, 0.25) is 9.96 Å². The Morgan fingerprint density at radius 2 is 2.08 bits per heavy atom. The Morgan fingerprint density at radius 3 is 2.67 bits per heavy atom. The number of carbonyl (C=O) groups is 3. The fourth-order valence-electron chi connectivity index (χ4n) is 3.59. The summed E-state index contributed by atoms with van der Waals surface area (Å²) in [4.78, 5) is 44.1. The first-order valence-electron chi connectivity index (χ1n) is 10.5. The molecule has 2 aromatic heterocycles. The van der Waals surface area contributed by atoms with E-state index in [4.69, 9.17) is 4.84 Å². The number of amides is 2. The summed E-state index contributed by atoms with van der Waals surface area (Å²) in [6.07, 6.45) is 0.936.